The first kappa shape index (κ1) is 17.8. The maximum absolute atomic E-state index is 12.9. The van der Waals surface area contributed by atoms with E-state index in [-0.39, 0.29) is 28.9 Å². The highest BCUT2D eigenvalue weighted by molar-refractivity contribution is 5.91. The second-order valence-corrected chi connectivity index (χ2v) is 7.50. The van der Waals surface area contributed by atoms with Crippen LogP contribution in [0.2, 0.25) is 0 Å². The number of benzene rings is 1. The van der Waals surface area contributed by atoms with Crippen LogP contribution in [0.4, 0.5) is 0 Å². The van der Waals surface area contributed by atoms with Crippen molar-refractivity contribution in [1.29, 1.82) is 0 Å². The summed E-state index contributed by atoms with van der Waals surface area (Å²) < 4.78 is 10.3. The number of fused-ring (bicyclic) bond motifs is 1. The van der Waals surface area contributed by atoms with Crippen molar-refractivity contribution >= 4 is 5.91 Å². The number of aryl methyl sites for hydroxylation is 1. The van der Waals surface area contributed by atoms with Crippen molar-refractivity contribution in [3.63, 3.8) is 0 Å². The van der Waals surface area contributed by atoms with Crippen LogP contribution in [0, 0.1) is 0 Å². The fourth-order valence-corrected chi connectivity index (χ4v) is 4.58. The summed E-state index contributed by atoms with van der Waals surface area (Å²) in [5.74, 6) is 0.512. The zero-order valence-corrected chi connectivity index (χ0v) is 15.6. The largest absolute Gasteiger partial charge is 0.490 e. The smallest absolute Gasteiger partial charge is 0.289 e. The van der Waals surface area contributed by atoms with E-state index < -0.39 is 0 Å². The van der Waals surface area contributed by atoms with Gasteiger partial charge in [-0.15, -0.1) is 0 Å². The Balaban J connectivity index is 1.52. The van der Waals surface area contributed by atoms with Crippen LogP contribution < -0.4 is 10.2 Å². The number of amides is 1. The van der Waals surface area contributed by atoms with Gasteiger partial charge in [0.05, 0.1) is 7.11 Å². The zero-order chi connectivity index (χ0) is 18.8. The average Bonchev–Trinajstić information content (AvgIpc) is 3.16. The van der Waals surface area contributed by atoms with E-state index in [1.54, 1.807) is 0 Å². The molecule has 2 atom stereocenters. The molecule has 27 heavy (non-hydrogen) atoms. The second-order valence-electron chi connectivity index (χ2n) is 7.50. The van der Waals surface area contributed by atoms with E-state index in [0.29, 0.717) is 12.5 Å². The summed E-state index contributed by atoms with van der Waals surface area (Å²) in [6, 6.07) is 10.1. The first-order chi connectivity index (χ1) is 13.2. The van der Waals surface area contributed by atoms with Gasteiger partial charge in [0.1, 0.15) is 6.26 Å². The van der Waals surface area contributed by atoms with E-state index in [9.17, 15) is 9.59 Å². The van der Waals surface area contributed by atoms with Crippen molar-refractivity contribution in [3.8, 4) is 5.75 Å². The molecule has 1 fully saturated rings. The highest BCUT2D eigenvalue weighted by Crippen LogP contribution is 2.37. The maximum atomic E-state index is 12.9. The fourth-order valence-electron chi connectivity index (χ4n) is 4.58. The van der Waals surface area contributed by atoms with Crippen molar-refractivity contribution in [2.45, 2.75) is 50.5 Å². The van der Waals surface area contributed by atoms with Crippen molar-refractivity contribution in [3.05, 3.63) is 63.7 Å². The number of nitrogens with zero attached hydrogens (tertiary/aromatic N) is 1. The lowest BCUT2D eigenvalue weighted by molar-refractivity contribution is 0.0688. The van der Waals surface area contributed by atoms with Crippen LogP contribution in [-0.4, -0.2) is 30.5 Å². The Bertz CT molecular complexity index is 888. The molecule has 0 saturated carbocycles. The highest BCUT2D eigenvalue weighted by atomic mass is 16.5. The van der Waals surface area contributed by atoms with Crippen LogP contribution in [0.25, 0.3) is 0 Å². The third-order valence-electron chi connectivity index (χ3n) is 5.92. The number of rotatable bonds is 4. The molecule has 2 unspecified atom stereocenters. The number of hydrogen-bond donors (Lipinski definition) is 0. The Kier molecular flexibility index (Phi) is 5.01. The Hall–Kier alpha value is -2.56. The van der Waals surface area contributed by atoms with Crippen LogP contribution in [0.15, 0.2) is 45.8 Å². The molecule has 5 heteroatoms. The molecule has 2 aliphatic rings. The first-order valence-electron chi connectivity index (χ1n) is 9.73. The molecule has 4 rings (SSSR count). The zero-order valence-electron chi connectivity index (χ0n) is 15.6. The predicted octanol–water partition coefficient (Wildman–Crippen LogP) is 3.76. The number of ether oxygens (including phenoxy) is 1. The minimum absolute atomic E-state index is 0.0942. The molecule has 1 aromatic heterocycles. The van der Waals surface area contributed by atoms with Crippen LogP contribution in [-0.2, 0) is 6.42 Å². The molecule has 142 valence electrons. The third-order valence-corrected chi connectivity index (χ3v) is 5.92. The SMILES string of the molecule is COc1coc(C(=O)N2CCCC2CC2CCCc3ccccc32)cc1=O. The highest BCUT2D eigenvalue weighted by Gasteiger charge is 2.34. The first-order valence-corrected chi connectivity index (χ1v) is 9.73. The van der Waals surface area contributed by atoms with Crippen LogP contribution >= 0.6 is 0 Å². The summed E-state index contributed by atoms with van der Waals surface area (Å²) in [7, 11) is 1.41. The minimum atomic E-state index is -0.330. The second kappa shape index (κ2) is 7.59. The van der Waals surface area contributed by atoms with E-state index in [4.69, 9.17) is 9.15 Å². The van der Waals surface area contributed by atoms with E-state index in [1.807, 2.05) is 4.90 Å². The molecule has 1 aliphatic carbocycles. The Labute approximate surface area is 158 Å². The number of hydrogen-bond acceptors (Lipinski definition) is 4. The van der Waals surface area contributed by atoms with E-state index >= 15 is 0 Å². The van der Waals surface area contributed by atoms with Gasteiger partial charge in [0.2, 0.25) is 11.2 Å². The standard InChI is InChI=1S/C22H25NO4/c1-26-21-14-27-20(13-19(21)24)22(25)23-11-5-9-17(23)12-16-8-4-7-15-6-2-3-10-18(15)16/h2-3,6,10,13-14,16-17H,4-5,7-9,11-12H2,1H3. The van der Waals surface area contributed by atoms with Gasteiger partial charge < -0.3 is 14.1 Å². The summed E-state index contributed by atoms with van der Waals surface area (Å²) in [5.41, 5.74) is 2.56. The van der Waals surface area contributed by atoms with Crippen LogP contribution in [0.1, 0.15) is 59.7 Å². The summed E-state index contributed by atoms with van der Waals surface area (Å²) in [4.78, 5) is 26.8. The molecule has 0 radical (unpaired) electrons. The molecule has 5 nitrogen and oxygen atoms in total. The van der Waals surface area contributed by atoms with Crippen molar-refractivity contribution in [2.75, 3.05) is 13.7 Å². The van der Waals surface area contributed by atoms with Gasteiger partial charge in [-0.2, -0.15) is 0 Å². The number of likely N-dealkylation sites (tertiary alicyclic amines) is 1. The molecule has 0 N–H and O–H groups in total. The fraction of sp³-hybridized carbons (Fsp3) is 0.455. The van der Waals surface area contributed by atoms with Gasteiger partial charge in [-0.25, -0.2) is 0 Å². The van der Waals surface area contributed by atoms with Gasteiger partial charge in [-0.1, -0.05) is 24.3 Å². The van der Waals surface area contributed by atoms with E-state index in [1.165, 1.54) is 43.4 Å². The molecule has 1 aliphatic heterocycles. The van der Waals surface area contributed by atoms with E-state index in [0.717, 1.165) is 25.7 Å². The maximum Gasteiger partial charge on any atom is 0.289 e. The van der Waals surface area contributed by atoms with Crippen LogP contribution in [0.5, 0.6) is 5.75 Å². The predicted molar refractivity (Wildman–Crippen MR) is 102 cm³/mol. The lowest BCUT2D eigenvalue weighted by Crippen LogP contribution is -2.37. The number of carbonyl (C=O) groups is 1. The lowest BCUT2D eigenvalue weighted by atomic mass is 9.79. The normalized spacial score (nSPS) is 21.7. The summed E-state index contributed by atoms with van der Waals surface area (Å²) >= 11 is 0. The minimum Gasteiger partial charge on any atom is -0.490 e. The number of carbonyl (C=O) groups excluding carboxylic acids is 1. The topological polar surface area (TPSA) is 59.8 Å². The molecular formula is C22H25NO4. The van der Waals surface area contributed by atoms with Gasteiger partial charge in [0.25, 0.3) is 5.91 Å². The summed E-state index contributed by atoms with van der Waals surface area (Å²) in [6.45, 7) is 0.716. The molecule has 2 heterocycles. The number of methoxy groups -OCH3 is 1. The van der Waals surface area contributed by atoms with Gasteiger partial charge >= 0.3 is 0 Å². The molecule has 0 spiro atoms. The van der Waals surface area contributed by atoms with Gasteiger partial charge in [0.15, 0.2) is 5.76 Å². The van der Waals surface area contributed by atoms with Gasteiger partial charge in [-0.3, -0.25) is 9.59 Å². The summed E-state index contributed by atoms with van der Waals surface area (Å²) in [6.07, 6.45) is 7.72. The van der Waals surface area contributed by atoms with Crippen LogP contribution in [0.3, 0.4) is 0 Å². The summed E-state index contributed by atoms with van der Waals surface area (Å²) in [5, 5.41) is 0. The molecular weight excluding hydrogens is 342 g/mol. The Morgan fingerprint density at radius 3 is 2.93 bits per heavy atom. The van der Waals surface area contributed by atoms with Crippen molar-refractivity contribution < 1.29 is 13.9 Å². The van der Waals surface area contributed by atoms with Crippen molar-refractivity contribution in [2.24, 2.45) is 0 Å². The average molecular weight is 367 g/mol. The van der Waals surface area contributed by atoms with E-state index in [2.05, 4.69) is 24.3 Å². The lowest BCUT2D eigenvalue weighted by Gasteiger charge is -2.31. The monoisotopic (exact) mass is 367 g/mol. The van der Waals surface area contributed by atoms with Gasteiger partial charge in [0, 0.05) is 18.7 Å². The molecule has 0 bridgehead atoms. The molecule has 1 amide bonds. The third kappa shape index (κ3) is 3.51. The Morgan fingerprint density at radius 2 is 2.11 bits per heavy atom. The Morgan fingerprint density at radius 1 is 1.26 bits per heavy atom. The van der Waals surface area contributed by atoms with Crippen molar-refractivity contribution in [1.82, 2.24) is 4.90 Å². The molecule has 1 aromatic carbocycles. The molecule has 2 aromatic rings. The van der Waals surface area contributed by atoms with Gasteiger partial charge in [-0.05, 0) is 55.6 Å². The molecule has 1 saturated heterocycles. The quantitative estimate of drug-likeness (QED) is 0.825.